The molecule has 0 aliphatic heterocycles. The molecule has 2 aliphatic rings. The number of methoxy groups -OCH3 is 1. The molecule has 0 unspecified atom stereocenters. The van der Waals surface area contributed by atoms with Crippen LogP contribution in [-0.4, -0.2) is 13.7 Å². The van der Waals surface area contributed by atoms with Gasteiger partial charge < -0.3 is 4.74 Å². The highest BCUT2D eigenvalue weighted by atomic mass is 19.1. The van der Waals surface area contributed by atoms with Crippen molar-refractivity contribution in [2.45, 2.75) is 89.9 Å². The van der Waals surface area contributed by atoms with Crippen LogP contribution in [0.15, 0.2) is 42.5 Å². The molecule has 2 aromatic rings. The lowest BCUT2D eigenvalue weighted by molar-refractivity contribution is 0.117. The second kappa shape index (κ2) is 12.2. The molecule has 2 heteroatoms. The summed E-state index contributed by atoms with van der Waals surface area (Å²) in [7, 11) is 1.80. The van der Waals surface area contributed by atoms with Crippen molar-refractivity contribution in [3.63, 3.8) is 0 Å². The Kier molecular flexibility index (Phi) is 9.01. The second-order valence-electron chi connectivity index (χ2n) is 10.8. The predicted octanol–water partition coefficient (Wildman–Crippen LogP) is 8.95. The van der Waals surface area contributed by atoms with Crippen molar-refractivity contribution in [2.24, 2.45) is 17.8 Å². The summed E-state index contributed by atoms with van der Waals surface area (Å²) in [6.45, 7) is 3.19. The highest BCUT2D eigenvalue weighted by Crippen LogP contribution is 2.38. The minimum absolute atomic E-state index is 0.0427. The van der Waals surface area contributed by atoms with Crippen molar-refractivity contribution in [3.05, 3.63) is 59.4 Å². The van der Waals surface area contributed by atoms with Gasteiger partial charge in [0.05, 0.1) is 0 Å². The van der Waals surface area contributed by atoms with Gasteiger partial charge >= 0.3 is 0 Å². The first kappa shape index (κ1) is 24.5. The molecule has 4 rings (SSSR count). The first-order valence-corrected chi connectivity index (χ1v) is 13.5. The van der Waals surface area contributed by atoms with E-state index in [1.165, 1.54) is 69.8 Å². The van der Waals surface area contributed by atoms with Crippen LogP contribution in [0.4, 0.5) is 4.39 Å². The third-order valence-electron chi connectivity index (χ3n) is 8.50. The van der Waals surface area contributed by atoms with Gasteiger partial charge in [0, 0.05) is 13.7 Å². The summed E-state index contributed by atoms with van der Waals surface area (Å²) in [5.74, 6) is 3.07. The van der Waals surface area contributed by atoms with E-state index in [-0.39, 0.29) is 5.82 Å². The van der Waals surface area contributed by atoms with Gasteiger partial charge in [0.15, 0.2) is 0 Å². The van der Waals surface area contributed by atoms with Gasteiger partial charge in [-0.25, -0.2) is 4.39 Å². The summed E-state index contributed by atoms with van der Waals surface area (Å²) in [4.78, 5) is 0. The number of halogens is 1. The zero-order valence-electron chi connectivity index (χ0n) is 20.8. The van der Waals surface area contributed by atoms with Crippen LogP contribution in [-0.2, 0) is 11.2 Å². The van der Waals surface area contributed by atoms with Crippen LogP contribution in [0.25, 0.3) is 11.1 Å². The van der Waals surface area contributed by atoms with Gasteiger partial charge in [-0.2, -0.15) is 0 Å². The minimum Gasteiger partial charge on any atom is -0.384 e. The van der Waals surface area contributed by atoms with E-state index < -0.39 is 0 Å². The van der Waals surface area contributed by atoms with Crippen molar-refractivity contribution in [1.82, 2.24) is 0 Å². The molecule has 0 N–H and O–H groups in total. The van der Waals surface area contributed by atoms with E-state index >= 15 is 0 Å². The molecule has 0 aromatic heterocycles. The third-order valence-corrected chi connectivity index (χ3v) is 8.50. The molecule has 0 radical (unpaired) electrons. The Bertz CT molecular complexity index is 842. The van der Waals surface area contributed by atoms with E-state index in [1.54, 1.807) is 13.2 Å². The van der Waals surface area contributed by atoms with Crippen LogP contribution < -0.4 is 0 Å². The summed E-state index contributed by atoms with van der Waals surface area (Å²) in [5, 5.41) is 0. The Balaban J connectivity index is 1.30. The minimum atomic E-state index is -0.0427. The molecule has 1 nitrogen and oxygen atoms in total. The summed E-state index contributed by atoms with van der Waals surface area (Å²) in [6, 6.07) is 14.8. The first-order valence-electron chi connectivity index (χ1n) is 13.5. The van der Waals surface area contributed by atoms with E-state index in [2.05, 4.69) is 37.3 Å². The molecule has 0 saturated heterocycles. The number of rotatable bonds is 9. The van der Waals surface area contributed by atoms with Crippen LogP contribution in [0.2, 0.25) is 0 Å². The summed E-state index contributed by atoms with van der Waals surface area (Å²) in [5.41, 5.74) is 4.46. The summed E-state index contributed by atoms with van der Waals surface area (Å²) < 4.78 is 20.2. The Hall–Kier alpha value is -1.67. The van der Waals surface area contributed by atoms with E-state index in [0.29, 0.717) is 5.92 Å². The third kappa shape index (κ3) is 6.69. The average molecular weight is 451 g/mol. The lowest BCUT2D eigenvalue weighted by Gasteiger charge is -2.28. The summed E-state index contributed by atoms with van der Waals surface area (Å²) >= 11 is 0. The van der Waals surface area contributed by atoms with Crippen LogP contribution in [0.5, 0.6) is 0 Å². The molecule has 0 atom stereocenters. The molecule has 0 amide bonds. The molecule has 33 heavy (non-hydrogen) atoms. The average Bonchev–Trinajstić information content (AvgIpc) is 2.85. The van der Waals surface area contributed by atoms with Crippen LogP contribution in [0.1, 0.15) is 94.6 Å². The standard InChI is InChI=1S/C31H43FO/c1-3-4-23-9-12-26(13-10-23)27-15-17-28(18-16-27)30-20-19-29(31(32)21-30)14-11-24-5-7-25(8-6-24)22-33-2/h15-21,23-26H,3-14,22H2,1-2H3. The van der Waals surface area contributed by atoms with E-state index in [9.17, 15) is 4.39 Å². The maximum absolute atomic E-state index is 14.9. The molecular weight excluding hydrogens is 407 g/mol. The summed E-state index contributed by atoms with van der Waals surface area (Å²) in [6.07, 6.45) is 15.1. The molecule has 180 valence electrons. The van der Waals surface area contributed by atoms with Crippen LogP contribution in [0, 0.1) is 23.6 Å². The normalized spacial score (nSPS) is 25.8. The Morgan fingerprint density at radius 3 is 2.00 bits per heavy atom. The lowest BCUT2D eigenvalue weighted by atomic mass is 9.77. The first-order chi connectivity index (χ1) is 16.2. The molecule has 0 heterocycles. The van der Waals surface area contributed by atoms with E-state index in [0.717, 1.165) is 53.9 Å². The van der Waals surface area contributed by atoms with Crippen molar-refractivity contribution in [3.8, 4) is 11.1 Å². The molecule has 2 fully saturated rings. The molecule has 2 saturated carbocycles. The van der Waals surface area contributed by atoms with Gasteiger partial charge in [-0.15, -0.1) is 0 Å². The van der Waals surface area contributed by atoms with Crippen LogP contribution in [0.3, 0.4) is 0 Å². The van der Waals surface area contributed by atoms with Crippen LogP contribution >= 0.6 is 0 Å². The molecule has 2 aromatic carbocycles. The molecular formula is C31H43FO. The maximum Gasteiger partial charge on any atom is 0.127 e. The number of benzene rings is 2. The number of aryl methyl sites for hydroxylation is 1. The highest BCUT2D eigenvalue weighted by molar-refractivity contribution is 5.64. The molecule has 0 spiro atoms. The van der Waals surface area contributed by atoms with Gasteiger partial charge in [-0.1, -0.05) is 69.0 Å². The zero-order valence-corrected chi connectivity index (χ0v) is 20.8. The SMILES string of the molecule is CCCC1CCC(c2ccc(-c3ccc(CCC4CCC(COC)CC4)c(F)c3)cc2)CC1. The largest absolute Gasteiger partial charge is 0.384 e. The quantitative estimate of drug-likeness (QED) is 0.370. The topological polar surface area (TPSA) is 9.23 Å². The van der Waals surface area contributed by atoms with Crippen molar-refractivity contribution in [2.75, 3.05) is 13.7 Å². The monoisotopic (exact) mass is 450 g/mol. The van der Waals surface area contributed by atoms with Gasteiger partial charge in [-0.3, -0.25) is 0 Å². The smallest absolute Gasteiger partial charge is 0.127 e. The predicted molar refractivity (Wildman–Crippen MR) is 137 cm³/mol. The van der Waals surface area contributed by atoms with E-state index in [1.807, 2.05) is 6.07 Å². The number of hydrogen-bond donors (Lipinski definition) is 0. The maximum atomic E-state index is 14.9. The molecule has 2 aliphatic carbocycles. The fourth-order valence-electron chi connectivity index (χ4n) is 6.35. The lowest BCUT2D eigenvalue weighted by Crippen LogP contribution is -2.18. The zero-order chi connectivity index (χ0) is 23.0. The fraction of sp³-hybridized carbons (Fsp3) is 0.613. The van der Waals surface area contributed by atoms with E-state index in [4.69, 9.17) is 4.74 Å². The highest BCUT2D eigenvalue weighted by Gasteiger charge is 2.22. The van der Waals surface area contributed by atoms with Crippen molar-refractivity contribution >= 4 is 0 Å². The van der Waals surface area contributed by atoms with Gasteiger partial charge in [0.25, 0.3) is 0 Å². The van der Waals surface area contributed by atoms with Gasteiger partial charge in [-0.05, 0) is 103 Å². The van der Waals surface area contributed by atoms with Gasteiger partial charge in [0.1, 0.15) is 5.82 Å². The van der Waals surface area contributed by atoms with Crippen molar-refractivity contribution in [1.29, 1.82) is 0 Å². The Morgan fingerprint density at radius 1 is 0.758 bits per heavy atom. The number of ether oxygens (including phenoxy) is 1. The number of hydrogen-bond acceptors (Lipinski definition) is 1. The fourth-order valence-corrected chi connectivity index (χ4v) is 6.35. The van der Waals surface area contributed by atoms with Crippen molar-refractivity contribution < 1.29 is 9.13 Å². The molecule has 0 bridgehead atoms. The second-order valence-corrected chi connectivity index (χ2v) is 10.8. The Morgan fingerprint density at radius 2 is 1.36 bits per heavy atom. The van der Waals surface area contributed by atoms with Gasteiger partial charge in [0.2, 0.25) is 0 Å². The Labute approximate surface area is 201 Å².